The zero-order valence-corrected chi connectivity index (χ0v) is 7.13. The lowest BCUT2D eigenvalue weighted by Gasteiger charge is -2.07. The molecule has 1 aliphatic heterocycles. The lowest BCUT2D eigenvalue weighted by Crippen LogP contribution is -2.32. The van der Waals surface area contributed by atoms with Crippen LogP contribution in [-0.2, 0) is 19.3 Å². The van der Waals surface area contributed by atoms with Crippen LogP contribution in [0.4, 0.5) is 0 Å². The average Bonchev–Trinajstić information content (AvgIpc) is 2.30. The van der Waals surface area contributed by atoms with Crippen molar-refractivity contribution in [2.24, 2.45) is 5.14 Å². The molecular formula is C5H10N2O4S. The molecule has 1 amide bonds. The Kier molecular flexibility index (Phi) is 2.65. The molecule has 1 rings (SSSR count). The fourth-order valence-corrected chi connectivity index (χ4v) is 1.33. The molecule has 1 aliphatic rings. The van der Waals surface area contributed by atoms with Crippen LogP contribution in [0, 0.1) is 0 Å². The van der Waals surface area contributed by atoms with Gasteiger partial charge in [-0.25, -0.2) is 5.14 Å². The Labute approximate surface area is 70.3 Å². The quantitative estimate of drug-likeness (QED) is 0.570. The first-order valence-electron chi connectivity index (χ1n) is 3.44. The third-order valence-electron chi connectivity index (χ3n) is 1.52. The van der Waals surface area contributed by atoms with Gasteiger partial charge in [0.25, 0.3) is 0 Å². The number of carbonyl (C=O) groups excluding carboxylic acids is 1. The van der Waals surface area contributed by atoms with E-state index in [1.165, 1.54) is 0 Å². The molecule has 0 aromatic carbocycles. The first-order valence-corrected chi connectivity index (χ1v) is 4.91. The normalized spacial score (nSPS) is 24.1. The molecule has 1 fully saturated rings. The topological polar surface area (TPSA) is 98.5 Å². The van der Waals surface area contributed by atoms with E-state index in [9.17, 15) is 13.2 Å². The van der Waals surface area contributed by atoms with Crippen molar-refractivity contribution in [3.05, 3.63) is 0 Å². The highest BCUT2D eigenvalue weighted by molar-refractivity contribution is 7.84. The Morgan fingerprint density at radius 2 is 2.33 bits per heavy atom. The van der Waals surface area contributed by atoms with E-state index in [0.29, 0.717) is 12.8 Å². The zero-order chi connectivity index (χ0) is 9.19. The predicted octanol–water partition coefficient (Wildman–Crippen LogP) is -1.51. The Morgan fingerprint density at radius 3 is 2.75 bits per heavy atom. The molecule has 0 bridgehead atoms. The van der Waals surface area contributed by atoms with Crippen molar-refractivity contribution in [1.29, 1.82) is 0 Å². The SMILES string of the molecule is NS(=O)(=O)OC[C@@H]1CCC(=O)N1. The molecule has 0 unspecified atom stereocenters. The van der Waals surface area contributed by atoms with Gasteiger partial charge in [0.15, 0.2) is 0 Å². The summed E-state index contributed by atoms with van der Waals surface area (Å²) in [6.45, 7) is -0.0788. The smallest absolute Gasteiger partial charge is 0.333 e. The Balaban J connectivity index is 2.30. The number of rotatable bonds is 3. The molecule has 6 nitrogen and oxygen atoms in total. The Morgan fingerprint density at radius 1 is 1.67 bits per heavy atom. The van der Waals surface area contributed by atoms with Gasteiger partial charge in [0.1, 0.15) is 0 Å². The van der Waals surface area contributed by atoms with Gasteiger partial charge in [0.2, 0.25) is 5.91 Å². The van der Waals surface area contributed by atoms with Gasteiger partial charge >= 0.3 is 10.3 Å². The van der Waals surface area contributed by atoms with Gasteiger partial charge < -0.3 is 5.32 Å². The summed E-state index contributed by atoms with van der Waals surface area (Å²) < 4.78 is 24.9. The number of nitrogens with one attached hydrogen (secondary N) is 1. The fourth-order valence-electron chi connectivity index (χ4n) is 0.979. The van der Waals surface area contributed by atoms with E-state index in [4.69, 9.17) is 0 Å². The van der Waals surface area contributed by atoms with Crippen LogP contribution >= 0.6 is 0 Å². The summed E-state index contributed by atoms with van der Waals surface area (Å²) in [5.41, 5.74) is 0. The molecule has 7 heteroatoms. The molecular weight excluding hydrogens is 184 g/mol. The monoisotopic (exact) mass is 194 g/mol. The summed E-state index contributed by atoms with van der Waals surface area (Å²) in [7, 11) is -3.88. The molecule has 1 atom stereocenters. The van der Waals surface area contributed by atoms with Crippen LogP contribution in [-0.4, -0.2) is 27.0 Å². The maximum atomic E-state index is 10.6. The number of carbonyl (C=O) groups is 1. The molecule has 0 aromatic rings. The second kappa shape index (κ2) is 3.38. The van der Waals surface area contributed by atoms with Gasteiger partial charge in [-0.1, -0.05) is 0 Å². The lowest BCUT2D eigenvalue weighted by atomic mass is 10.2. The van der Waals surface area contributed by atoms with Gasteiger partial charge in [-0.15, -0.1) is 0 Å². The van der Waals surface area contributed by atoms with Gasteiger partial charge in [0.05, 0.1) is 12.6 Å². The van der Waals surface area contributed by atoms with Gasteiger partial charge in [-0.2, -0.15) is 8.42 Å². The fraction of sp³-hybridized carbons (Fsp3) is 0.800. The molecule has 0 spiro atoms. The standard InChI is InChI=1S/C5H10N2O4S/c6-12(9,10)11-3-4-1-2-5(8)7-4/h4H,1-3H2,(H,7,8)(H2,6,9,10)/t4-/m0/s1. The minimum atomic E-state index is -3.88. The number of hydrogen-bond donors (Lipinski definition) is 2. The van der Waals surface area contributed by atoms with Crippen molar-refractivity contribution in [1.82, 2.24) is 5.32 Å². The van der Waals surface area contributed by atoms with Gasteiger partial charge in [0, 0.05) is 6.42 Å². The minimum absolute atomic E-state index is 0.0788. The van der Waals surface area contributed by atoms with E-state index in [0.717, 1.165) is 0 Å². The second-order valence-electron chi connectivity index (χ2n) is 2.58. The number of nitrogens with two attached hydrogens (primary N) is 1. The molecule has 0 aromatic heterocycles. The third kappa shape index (κ3) is 3.16. The maximum absolute atomic E-state index is 10.6. The largest absolute Gasteiger partial charge is 0.351 e. The highest BCUT2D eigenvalue weighted by Crippen LogP contribution is 2.06. The van der Waals surface area contributed by atoms with Gasteiger partial charge in [-0.3, -0.25) is 8.98 Å². The highest BCUT2D eigenvalue weighted by Gasteiger charge is 2.22. The van der Waals surface area contributed by atoms with E-state index >= 15 is 0 Å². The van der Waals surface area contributed by atoms with Crippen molar-refractivity contribution in [2.75, 3.05) is 6.61 Å². The average molecular weight is 194 g/mol. The molecule has 70 valence electrons. The predicted molar refractivity (Wildman–Crippen MR) is 40.2 cm³/mol. The highest BCUT2D eigenvalue weighted by atomic mass is 32.2. The third-order valence-corrected chi connectivity index (χ3v) is 1.98. The van der Waals surface area contributed by atoms with Crippen LogP contribution in [0.25, 0.3) is 0 Å². The summed E-state index contributed by atoms with van der Waals surface area (Å²) in [5, 5.41) is 7.13. The van der Waals surface area contributed by atoms with E-state index in [1.54, 1.807) is 0 Å². The second-order valence-corrected chi connectivity index (χ2v) is 3.80. The van der Waals surface area contributed by atoms with Gasteiger partial charge in [-0.05, 0) is 6.42 Å². The van der Waals surface area contributed by atoms with Crippen molar-refractivity contribution in [2.45, 2.75) is 18.9 Å². The van der Waals surface area contributed by atoms with E-state index < -0.39 is 10.3 Å². The molecule has 0 radical (unpaired) electrons. The number of hydrogen-bond acceptors (Lipinski definition) is 4. The van der Waals surface area contributed by atoms with Crippen LogP contribution < -0.4 is 10.5 Å². The van der Waals surface area contributed by atoms with E-state index in [-0.39, 0.29) is 18.6 Å². The molecule has 0 saturated carbocycles. The zero-order valence-electron chi connectivity index (χ0n) is 6.32. The first-order chi connectivity index (χ1) is 5.47. The van der Waals surface area contributed by atoms with Crippen molar-refractivity contribution in [3.8, 4) is 0 Å². The van der Waals surface area contributed by atoms with Crippen LogP contribution in [0.5, 0.6) is 0 Å². The summed E-state index contributed by atoms with van der Waals surface area (Å²) in [5.74, 6) is -0.0852. The van der Waals surface area contributed by atoms with Crippen LogP contribution in [0.3, 0.4) is 0 Å². The maximum Gasteiger partial charge on any atom is 0.333 e. The number of amides is 1. The lowest BCUT2D eigenvalue weighted by molar-refractivity contribution is -0.119. The minimum Gasteiger partial charge on any atom is -0.351 e. The van der Waals surface area contributed by atoms with Crippen molar-refractivity contribution < 1.29 is 17.4 Å². The van der Waals surface area contributed by atoms with Crippen molar-refractivity contribution in [3.63, 3.8) is 0 Å². The summed E-state index contributed by atoms with van der Waals surface area (Å²) >= 11 is 0. The van der Waals surface area contributed by atoms with Crippen LogP contribution in [0.15, 0.2) is 0 Å². The van der Waals surface area contributed by atoms with Crippen LogP contribution in [0.1, 0.15) is 12.8 Å². The molecule has 0 aliphatic carbocycles. The Bertz CT molecular complexity index is 273. The summed E-state index contributed by atoms with van der Waals surface area (Å²) in [6, 6.07) is -0.226. The molecule has 12 heavy (non-hydrogen) atoms. The van der Waals surface area contributed by atoms with E-state index in [2.05, 4.69) is 14.6 Å². The van der Waals surface area contributed by atoms with Crippen LogP contribution in [0.2, 0.25) is 0 Å². The molecule has 1 heterocycles. The Hall–Kier alpha value is -0.660. The summed E-state index contributed by atoms with van der Waals surface area (Å²) in [4.78, 5) is 10.6. The van der Waals surface area contributed by atoms with Crippen molar-refractivity contribution >= 4 is 16.2 Å². The summed E-state index contributed by atoms with van der Waals surface area (Å²) in [6.07, 6.45) is 1.01. The van der Waals surface area contributed by atoms with E-state index in [1.807, 2.05) is 0 Å². The molecule has 3 N–H and O–H groups in total. The molecule has 1 saturated heterocycles. The first kappa shape index (κ1) is 9.43.